The lowest BCUT2D eigenvalue weighted by molar-refractivity contribution is 0.0529. The number of morpholine rings is 1. The Morgan fingerprint density at radius 1 is 1.02 bits per heavy atom. The van der Waals surface area contributed by atoms with Gasteiger partial charge in [-0.25, -0.2) is 4.98 Å². The van der Waals surface area contributed by atoms with Crippen LogP contribution in [0.2, 0.25) is 0 Å². The first-order valence-corrected chi connectivity index (χ1v) is 16.0. The number of carbonyl (C=O) groups excluding carboxylic acids is 1. The van der Waals surface area contributed by atoms with Crippen molar-refractivity contribution in [3.8, 4) is 0 Å². The molecule has 3 saturated heterocycles. The van der Waals surface area contributed by atoms with Gasteiger partial charge in [-0.1, -0.05) is 6.07 Å². The van der Waals surface area contributed by atoms with E-state index in [-0.39, 0.29) is 12.0 Å². The van der Waals surface area contributed by atoms with Crippen LogP contribution in [0, 0.1) is 5.41 Å². The van der Waals surface area contributed by atoms with Crippen molar-refractivity contribution in [3.05, 3.63) is 42.0 Å². The highest BCUT2D eigenvalue weighted by molar-refractivity contribution is 8.02. The third kappa shape index (κ3) is 5.78. The van der Waals surface area contributed by atoms with Crippen LogP contribution in [0.25, 0.3) is 0 Å². The maximum Gasteiger partial charge on any atom is 0.258 e. The van der Waals surface area contributed by atoms with Crippen LogP contribution in [0.5, 0.6) is 0 Å². The summed E-state index contributed by atoms with van der Waals surface area (Å²) in [6.07, 6.45) is 9.25. The fourth-order valence-electron chi connectivity index (χ4n) is 6.37. The summed E-state index contributed by atoms with van der Waals surface area (Å²) in [4.78, 5) is 25.7. The molecule has 1 spiro atoms. The van der Waals surface area contributed by atoms with Crippen LogP contribution in [0.1, 0.15) is 62.2 Å². The first-order chi connectivity index (χ1) is 19.5. The second-order valence-corrected chi connectivity index (χ2v) is 14.0. The van der Waals surface area contributed by atoms with Gasteiger partial charge >= 0.3 is 0 Å². The van der Waals surface area contributed by atoms with Crippen LogP contribution in [-0.2, 0) is 4.74 Å². The minimum atomic E-state index is -0.0997. The topological polar surface area (TPSA) is 73.0 Å². The van der Waals surface area contributed by atoms with E-state index in [9.17, 15) is 4.79 Å². The van der Waals surface area contributed by atoms with Crippen molar-refractivity contribution in [3.63, 3.8) is 0 Å². The molecule has 2 aromatic rings. The van der Waals surface area contributed by atoms with Gasteiger partial charge in [0.2, 0.25) is 0 Å². The second-order valence-electron chi connectivity index (χ2n) is 12.7. The van der Waals surface area contributed by atoms with E-state index in [0.29, 0.717) is 22.6 Å². The van der Waals surface area contributed by atoms with Gasteiger partial charge in [-0.2, -0.15) is 0 Å². The van der Waals surface area contributed by atoms with Crippen molar-refractivity contribution < 1.29 is 9.53 Å². The Bertz CT molecular complexity index is 1230. The van der Waals surface area contributed by atoms with E-state index in [1.807, 2.05) is 36.2 Å². The summed E-state index contributed by atoms with van der Waals surface area (Å²) in [5.74, 6) is 1.36. The van der Waals surface area contributed by atoms with Gasteiger partial charge in [0.05, 0.1) is 24.0 Å². The highest BCUT2D eigenvalue weighted by Gasteiger charge is 2.46. The fraction of sp³-hybridized carbons (Fsp3) is 0.613. The quantitative estimate of drug-likeness (QED) is 0.402. The molecule has 1 unspecified atom stereocenters. The normalized spacial score (nSPS) is 24.9. The molecule has 214 valence electrons. The Balaban J connectivity index is 1.08. The lowest BCUT2D eigenvalue weighted by Gasteiger charge is -2.35. The van der Waals surface area contributed by atoms with Crippen LogP contribution in [-0.4, -0.2) is 79.1 Å². The van der Waals surface area contributed by atoms with Crippen molar-refractivity contribution in [1.82, 2.24) is 9.88 Å². The molecule has 0 radical (unpaired) electrons. The molecule has 1 aromatic heterocycles. The minimum absolute atomic E-state index is 0.0997. The van der Waals surface area contributed by atoms with Crippen molar-refractivity contribution >= 4 is 40.9 Å². The number of likely N-dealkylation sites (tertiary alicyclic amines) is 1. The zero-order chi connectivity index (χ0) is 27.2. The number of amides is 1. The lowest BCUT2D eigenvalue weighted by atomic mass is 9.93. The highest BCUT2D eigenvalue weighted by Crippen LogP contribution is 2.54. The molecule has 0 bridgehead atoms. The number of piperidine rings is 1. The number of hydrogen-bond acceptors (Lipinski definition) is 8. The molecule has 1 aromatic carbocycles. The molecule has 5 aliphatic rings. The molecule has 8 nitrogen and oxygen atoms in total. The second kappa shape index (κ2) is 10.7. The number of pyridine rings is 1. The highest BCUT2D eigenvalue weighted by atomic mass is 32.2. The molecule has 3 aliphatic heterocycles. The predicted molar refractivity (Wildman–Crippen MR) is 164 cm³/mol. The molecule has 7 rings (SSSR count). The molecule has 1 atom stereocenters. The van der Waals surface area contributed by atoms with E-state index in [1.165, 1.54) is 64.6 Å². The summed E-state index contributed by atoms with van der Waals surface area (Å²) in [5.41, 5.74) is 3.42. The summed E-state index contributed by atoms with van der Waals surface area (Å²) < 4.78 is 9.71. The van der Waals surface area contributed by atoms with Gasteiger partial charge in [0.15, 0.2) is 0 Å². The first kappa shape index (κ1) is 26.4. The smallest absolute Gasteiger partial charge is 0.258 e. The Hall–Kier alpha value is -2.49. The van der Waals surface area contributed by atoms with Crippen molar-refractivity contribution in [2.45, 2.75) is 62.7 Å². The Morgan fingerprint density at radius 3 is 2.55 bits per heavy atom. The summed E-state index contributed by atoms with van der Waals surface area (Å²) >= 11 is 1.88. The van der Waals surface area contributed by atoms with Gasteiger partial charge in [-0.3, -0.25) is 4.79 Å². The molecule has 5 fully saturated rings. The zero-order valence-electron chi connectivity index (χ0n) is 23.7. The average Bonchev–Trinajstić information content (AvgIpc) is 3.88. The maximum atomic E-state index is 13.7. The van der Waals surface area contributed by atoms with Crippen LogP contribution in [0.15, 0.2) is 36.4 Å². The van der Waals surface area contributed by atoms with Gasteiger partial charge in [0.1, 0.15) is 11.6 Å². The first-order valence-electron chi connectivity index (χ1n) is 15.2. The van der Waals surface area contributed by atoms with E-state index in [1.54, 1.807) is 0 Å². The maximum absolute atomic E-state index is 13.7. The molecule has 4 heterocycles. The zero-order valence-corrected chi connectivity index (χ0v) is 24.5. The number of anilines is 4. The van der Waals surface area contributed by atoms with E-state index >= 15 is 0 Å². The summed E-state index contributed by atoms with van der Waals surface area (Å²) in [7, 11) is 0. The third-order valence-corrected chi connectivity index (χ3v) is 10.9. The van der Waals surface area contributed by atoms with Crippen LogP contribution < -0.4 is 19.8 Å². The fourth-order valence-corrected chi connectivity index (χ4v) is 7.39. The minimum Gasteiger partial charge on any atom is -0.375 e. The number of benzene rings is 1. The van der Waals surface area contributed by atoms with Crippen LogP contribution >= 0.6 is 11.9 Å². The van der Waals surface area contributed by atoms with Crippen molar-refractivity contribution in [1.29, 1.82) is 0 Å². The Morgan fingerprint density at radius 2 is 1.85 bits per heavy atom. The van der Waals surface area contributed by atoms with E-state index in [4.69, 9.17) is 9.72 Å². The van der Waals surface area contributed by atoms with Crippen LogP contribution in [0.4, 0.5) is 23.0 Å². The van der Waals surface area contributed by atoms with Gasteiger partial charge in [0.25, 0.3) is 5.91 Å². The van der Waals surface area contributed by atoms with E-state index < -0.39 is 0 Å². The van der Waals surface area contributed by atoms with Gasteiger partial charge in [-0.05, 0) is 113 Å². The van der Waals surface area contributed by atoms with Gasteiger partial charge in [-0.15, -0.1) is 0 Å². The molecular formula is C31H42N6O2S. The summed E-state index contributed by atoms with van der Waals surface area (Å²) in [6.45, 7) is 10.1. The standard InChI is InChI=1S/C31H42N6O2S/c1-23-21-37(18-19-39-23)28-5-2-4-27(32-28)33-29(38)25-7-6-24(34-40-31(10-11-31)22-35-14-3-15-35)20-26(25)36-16-12-30(8-9-30)13-17-36/h2,4-7,20,23,34H,3,8-19,21-22H2,1H3,(H,32,33,38). The molecule has 2 saturated carbocycles. The Kier molecular flexibility index (Phi) is 7.08. The van der Waals surface area contributed by atoms with E-state index in [0.717, 1.165) is 48.9 Å². The monoisotopic (exact) mass is 562 g/mol. The molecular weight excluding hydrogens is 520 g/mol. The lowest BCUT2D eigenvalue weighted by Crippen LogP contribution is -2.42. The number of rotatable bonds is 9. The Labute approximate surface area is 242 Å². The number of hydrogen-bond donors (Lipinski definition) is 2. The number of aromatic nitrogens is 1. The summed E-state index contributed by atoms with van der Waals surface area (Å²) in [5, 5.41) is 3.11. The number of nitrogens with zero attached hydrogens (tertiary/aromatic N) is 4. The average molecular weight is 563 g/mol. The van der Waals surface area contributed by atoms with Crippen LogP contribution in [0.3, 0.4) is 0 Å². The van der Waals surface area contributed by atoms with Crippen molar-refractivity contribution in [2.75, 3.05) is 72.3 Å². The number of nitrogens with one attached hydrogen (secondary N) is 2. The molecule has 2 N–H and O–H groups in total. The largest absolute Gasteiger partial charge is 0.375 e. The SMILES string of the molecule is CC1CN(c2cccc(NC(=O)c3ccc(NSC4(CN5CCC5)CC4)cc3N3CCC4(CC3)CC4)n2)CCO1. The van der Waals surface area contributed by atoms with E-state index in [2.05, 4.69) is 43.8 Å². The van der Waals surface area contributed by atoms with Gasteiger partial charge < -0.3 is 29.5 Å². The predicted octanol–water partition coefficient (Wildman–Crippen LogP) is 5.24. The van der Waals surface area contributed by atoms with Gasteiger partial charge in [0, 0.05) is 43.2 Å². The van der Waals surface area contributed by atoms with Crippen molar-refractivity contribution in [2.24, 2.45) is 5.41 Å². The third-order valence-electron chi connectivity index (χ3n) is 9.56. The molecule has 40 heavy (non-hydrogen) atoms. The molecule has 9 heteroatoms. The number of ether oxygens (including phenoxy) is 1. The molecule has 1 amide bonds. The molecule has 2 aliphatic carbocycles. The summed E-state index contributed by atoms with van der Waals surface area (Å²) in [6, 6.07) is 12.1. The number of carbonyl (C=O) groups is 1.